The first-order valence-corrected chi connectivity index (χ1v) is 18.9. The number of fused-ring (bicyclic) bond motifs is 1. The van der Waals surface area contributed by atoms with E-state index in [1.807, 2.05) is 60.7 Å². The van der Waals surface area contributed by atoms with Crippen molar-refractivity contribution in [2.24, 2.45) is 5.92 Å². The van der Waals surface area contributed by atoms with Crippen molar-refractivity contribution in [1.82, 2.24) is 16.0 Å². The fourth-order valence-electron chi connectivity index (χ4n) is 6.02. The van der Waals surface area contributed by atoms with Crippen LogP contribution < -0.4 is 21.4 Å². The van der Waals surface area contributed by atoms with Gasteiger partial charge in [0.2, 0.25) is 11.8 Å². The number of para-hydroxylation sites is 1. The first kappa shape index (κ1) is 37.4. The highest BCUT2D eigenvalue weighted by atomic mass is 32.2. The Morgan fingerprint density at radius 2 is 1.41 bits per heavy atom. The highest BCUT2D eigenvalue weighted by Crippen LogP contribution is 2.31. The van der Waals surface area contributed by atoms with Gasteiger partial charge in [-0.3, -0.25) is 19.2 Å². The van der Waals surface area contributed by atoms with Crippen LogP contribution in [0.25, 0.3) is 11.0 Å². The molecule has 51 heavy (non-hydrogen) atoms. The minimum absolute atomic E-state index is 0.0693. The van der Waals surface area contributed by atoms with E-state index in [2.05, 4.69) is 29.8 Å². The van der Waals surface area contributed by atoms with E-state index >= 15 is 0 Å². The zero-order valence-electron chi connectivity index (χ0n) is 29.4. The molecule has 1 aliphatic heterocycles. The van der Waals surface area contributed by atoms with E-state index in [0.717, 1.165) is 23.4 Å². The van der Waals surface area contributed by atoms with Crippen molar-refractivity contribution in [1.29, 1.82) is 0 Å². The van der Waals surface area contributed by atoms with Crippen molar-refractivity contribution in [3.05, 3.63) is 118 Å². The van der Waals surface area contributed by atoms with Gasteiger partial charge >= 0.3 is 0 Å². The maximum Gasteiger partial charge on any atom is 0.287 e. The predicted octanol–water partition coefficient (Wildman–Crippen LogP) is 3.98. The lowest BCUT2D eigenvalue weighted by molar-refractivity contribution is -0.124. The van der Waals surface area contributed by atoms with Gasteiger partial charge < -0.3 is 25.1 Å². The molecule has 5 atom stereocenters. The van der Waals surface area contributed by atoms with Crippen LogP contribution in [-0.2, 0) is 37.0 Å². The van der Waals surface area contributed by atoms with E-state index < -0.39 is 56.1 Å². The summed E-state index contributed by atoms with van der Waals surface area (Å²) in [7, 11) is -3.94. The van der Waals surface area contributed by atoms with Crippen LogP contribution in [0.1, 0.15) is 55.8 Å². The maximum atomic E-state index is 14.1. The number of ether oxygens (including phenoxy) is 1. The Hall–Kier alpha value is -4.81. The van der Waals surface area contributed by atoms with Crippen LogP contribution in [0.2, 0.25) is 0 Å². The topological polar surface area (TPSA) is 164 Å². The number of amides is 3. The van der Waals surface area contributed by atoms with Crippen molar-refractivity contribution in [3.8, 4) is 0 Å². The number of carbonyl (C=O) groups is 3. The fourth-order valence-corrected chi connectivity index (χ4v) is 6.61. The molecule has 0 aliphatic carbocycles. The van der Waals surface area contributed by atoms with E-state index in [1.165, 1.54) is 19.9 Å². The average Bonchev–Trinajstić information content (AvgIpc) is 3.85. The Morgan fingerprint density at radius 1 is 0.824 bits per heavy atom. The summed E-state index contributed by atoms with van der Waals surface area (Å²) < 4.78 is 35.9. The summed E-state index contributed by atoms with van der Waals surface area (Å²) in [6.07, 6.45) is 1.00. The number of sulfone groups is 1. The molecule has 1 aromatic heterocycles. The van der Waals surface area contributed by atoms with Crippen LogP contribution >= 0.6 is 0 Å². The molecule has 0 bridgehead atoms. The molecular weight excluding hydrogens is 671 g/mol. The molecule has 0 radical (unpaired) electrons. The average molecular weight is 716 g/mol. The van der Waals surface area contributed by atoms with Crippen molar-refractivity contribution in [2.75, 3.05) is 6.26 Å². The van der Waals surface area contributed by atoms with Crippen molar-refractivity contribution >= 4 is 38.5 Å². The number of hydrogen-bond acceptors (Lipinski definition) is 8. The Labute approximate surface area is 298 Å². The standard InChI is InChI=1S/C39H45N3O8S/c1-24(2)28(20-25-14-8-6-9-15-25)40-34(44)23-32-35(50-32)29(21-26-16-10-7-11-17-26)41-38(46)36(39(3,4)51(5,47)48)42-37(45)33-22-30(43)27-18-12-13-19-31(27)49-33/h6-19,22,24,28-29,32,35-36H,20-21,23H2,1-5H3,(H,40,44)(H,41,46)(H,42,45)/t28-,29-,32-,35+,36+/m0/s1. The van der Waals surface area contributed by atoms with E-state index in [0.29, 0.717) is 12.8 Å². The summed E-state index contributed by atoms with van der Waals surface area (Å²) in [5.74, 6) is -2.07. The molecule has 5 rings (SSSR count). The molecular formula is C39H45N3O8S. The Balaban J connectivity index is 1.34. The number of rotatable bonds is 15. The molecule has 11 nitrogen and oxygen atoms in total. The molecule has 2 heterocycles. The van der Waals surface area contributed by atoms with Gasteiger partial charge in [-0.15, -0.1) is 0 Å². The quantitative estimate of drug-likeness (QED) is 0.156. The Morgan fingerprint density at radius 3 is 2.02 bits per heavy atom. The second-order valence-electron chi connectivity index (χ2n) is 14.0. The van der Waals surface area contributed by atoms with Gasteiger partial charge in [0, 0.05) is 18.4 Å². The van der Waals surface area contributed by atoms with Gasteiger partial charge in [-0.05, 0) is 55.9 Å². The molecule has 270 valence electrons. The second kappa shape index (κ2) is 15.6. The monoisotopic (exact) mass is 715 g/mol. The predicted molar refractivity (Wildman–Crippen MR) is 195 cm³/mol. The van der Waals surface area contributed by atoms with Crippen LogP contribution in [-0.4, -0.2) is 67.5 Å². The number of benzene rings is 3. The SMILES string of the molecule is CC(C)[C@H](Cc1ccccc1)NC(=O)C[C@@H]1O[C@@H]1[C@H](Cc1ccccc1)NC(=O)[C@@H](NC(=O)c1cc(=O)c2ccccc2o1)C(C)(C)S(C)(=O)=O. The molecule has 0 saturated carbocycles. The summed E-state index contributed by atoms with van der Waals surface area (Å²) in [5.41, 5.74) is 1.70. The summed E-state index contributed by atoms with van der Waals surface area (Å²) in [4.78, 5) is 53.5. The first-order chi connectivity index (χ1) is 24.1. The van der Waals surface area contributed by atoms with Gasteiger partial charge in [0.15, 0.2) is 21.0 Å². The molecule has 1 aliphatic rings. The molecule has 0 unspecified atom stereocenters. The van der Waals surface area contributed by atoms with E-state index in [9.17, 15) is 27.6 Å². The largest absolute Gasteiger partial charge is 0.451 e. The van der Waals surface area contributed by atoms with Crippen LogP contribution in [0.4, 0.5) is 0 Å². The first-order valence-electron chi connectivity index (χ1n) is 17.0. The lowest BCUT2D eigenvalue weighted by Crippen LogP contribution is -2.62. The molecule has 3 aromatic carbocycles. The normalized spacial score (nSPS) is 17.7. The third-order valence-corrected chi connectivity index (χ3v) is 11.7. The van der Waals surface area contributed by atoms with Crippen molar-refractivity contribution < 1.29 is 32.0 Å². The molecule has 3 amide bonds. The van der Waals surface area contributed by atoms with Crippen molar-refractivity contribution in [3.63, 3.8) is 0 Å². The van der Waals surface area contributed by atoms with Crippen LogP contribution in [0, 0.1) is 5.92 Å². The molecule has 3 N–H and O–H groups in total. The Kier molecular flexibility index (Phi) is 11.5. The summed E-state index contributed by atoms with van der Waals surface area (Å²) in [6.45, 7) is 6.79. The van der Waals surface area contributed by atoms with Crippen LogP contribution in [0.15, 0.2) is 100 Å². The minimum atomic E-state index is -3.94. The molecule has 0 spiro atoms. The highest BCUT2D eigenvalue weighted by molar-refractivity contribution is 7.92. The van der Waals surface area contributed by atoms with Gasteiger partial charge in [0.25, 0.3) is 5.91 Å². The van der Waals surface area contributed by atoms with Gasteiger partial charge in [-0.25, -0.2) is 8.42 Å². The van der Waals surface area contributed by atoms with Gasteiger partial charge in [-0.2, -0.15) is 0 Å². The van der Waals surface area contributed by atoms with E-state index in [4.69, 9.17) is 9.15 Å². The minimum Gasteiger partial charge on any atom is -0.451 e. The van der Waals surface area contributed by atoms with Crippen LogP contribution in [0.5, 0.6) is 0 Å². The zero-order chi connectivity index (χ0) is 36.9. The number of hydrogen-bond donors (Lipinski definition) is 3. The summed E-state index contributed by atoms with van der Waals surface area (Å²) >= 11 is 0. The van der Waals surface area contributed by atoms with Crippen molar-refractivity contribution in [2.45, 2.75) is 82.0 Å². The third-order valence-electron chi connectivity index (χ3n) is 9.53. The second-order valence-corrected chi connectivity index (χ2v) is 16.6. The molecule has 4 aromatic rings. The maximum absolute atomic E-state index is 14.1. The Bertz CT molecular complexity index is 2030. The number of epoxide rings is 1. The number of nitrogens with one attached hydrogen (secondary N) is 3. The van der Waals surface area contributed by atoms with Crippen LogP contribution in [0.3, 0.4) is 0 Å². The highest BCUT2D eigenvalue weighted by Gasteiger charge is 2.49. The zero-order valence-corrected chi connectivity index (χ0v) is 30.2. The lowest BCUT2D eigenvalue weighted by Gasteiger charge is -2.33. The summed E-state index contributed by atoms with van der Waals surface area (Å²) in [6, 6.07) is 24.3. The lowest BCUT2D eigenvalue weighted by atomic mass is 9.95. The smallest absolute Gasteiger partial charge is 0.287 e. The van der Waals surface area contributed by atoms with Gasteiger partial charge in [0.05, 0.1) is 28.7 Å². The number of carbonyl (C=O) groups excluding carboxylic acids is 3. The fraction of sp³-hybridized carbons (Fsp3) is 0.385. The van der Waals surface area contributed by atoms with E-state index in [-0.39, 0.29) is 41.0 Å². The van der Waals surface area contributed by atoms with Gasteiger partial charge in [-0.1, -0.05) is 86.6 Å². The summed E-state index contributed by atoms with van der Waals surface area (Å²) in [5, 5.41) is 8.87. The third kappa shape index (κ3) is 9.30. The molecule has 12 heteroatoms. The van der Waals surface area contributed by atoms with E-state index in [1.54, 1.807) is 18.2 Å². The molecule has 1 saturated heterocycles. The molecule has 1 fully saturated rings. The van der Waals surface area contributed by atoms with Gasteiger partial charge in [0.1, 0.15) is 17.7 Å².